The minimum atomic E-state index is -2.60. The summed E-state index contributed by atoms with van der Waals surface area (Å²) in [6, 6.07) is 4.42. The highest BCUT2D eigenvalue weighted by atomic mass is 16.7. The fourth-order valence-corrected chi connectivity index (χ4v) is 10.3. The fourth-order valence-electron chi connectivity index (χ4n) is 10.3. The highest BCUT2D eigenvalue weighted by molar-refractivity contribution is 6.39. The number of aromatic nitrogens is 1. The van der Waals surface area contributed by atoms with Gasteiger partial charge >= 0.3 is 5.97 Å². The number of amides is 1. The average molecular weight is 869 g/mol. The SMILES string of the molecule is CO[C@H]1C[C@@H](C)[C@@]2(O)O[C@@H]1[C@@H](O)C[C@@H](C)C/C(C)=C/[C@@H](C/C=C/c1ccccn1)C(=O)C[C@H](O)[C@@H](C)[C@@H](C(C)C[C@@H]1CC[C@@H](O)[C@H](OC)C1)OC(=O)[C@@H]1CCCCN1C(=O)C2=O. The lowest BCUT2D eigenvalue weighted by molar-refractivity contribution is -0.301. The average Bonchev–Trinajstić information content (AvgIpc) is 3.25. The Labute approximate surface area is 367 Å². The van der Waals surface area contributed by atoms with Gasteiger partial charge in [0.2, 0.25) is 5.79 Å². The summed E-state index contributed by atoms with van der Waals surface area (Å²) in [7, 11) is 3.04. The van der Waals surface area contributed by atoms with Crippen molar-refractivity contribution in [2.75, 3.05) is 20.8 Å². The first-order valence-electron chi connectivity index (χ1n) is 22.8. The van der Waals surface area contributed by atoms with E-state index in [1.54, 1.807) is 27.2 Å². The zero-order valence-corrected chi connectivity index (χ0v) is 37.8. The van der Waals surface area contributed by atoms with Crippen LogP contribution in [0.15, 0.2) is 42.1 Å². The van der Waals surface area contributed by atoms with Crippen LogP contribution in [0.25, 0.3) is 6.08 Å². The van der Waals surface area contributed by atoms with Gasteiger partial charge in [0.1, 0.15) is 24.0 Å². The number of methoxy groups -OCH3 is 2. The van der Waals surface area contributed by atoms with Crippen LogP contribution >= 0.6 is 0 Å². The maximum absolute atomic E-state index is 14.4. The van der Waals surface area contributed by atoms with E-state index in [2.05, 4.69) is 4.98 Å². The van der Waals surface area contributed by atoms with Crippen molar-refractivity contribution in [2.45, 2.75) is 166 Å². The van der Waals surface area contributed by atoms with Crippen molar-refractivity contribution < 1.29 is 58.6 Å². The summed E-state index contributed by atoms with van der Waals surface area (Å²) in [6.07, 6.45) is 6.07. The molecule has 3 fully saturated rings. The van der Waals surface area contributed by atoms with Gasteiger partial charge in [-0.15, -0.1) is 0 Å². The van der Waals surface area contributed by atoms with Gasteiger partial charge in [-0.25, -0.2) is 4.79 Å². The first-order chi connectivity index (χ1) is 29.5. The number of hydrogen-bond acceptors (Lipinski definition) is 13. The Kier molecular flexibility index (Phi) is 18.0. The number of piperidine rings is 1. The van der Waals surface area contributed by atoms with Crippen LogP contribution in [-0.4, -0.2) is 129 Å². The lowest BCUT2D eigenvalue weighted by Crippen LogP contribution is -2.64. The maximum Gasteiger partial charge on any atom is 0.329 e. The zero-order chi connectivity index (χ0) is 45.3. The summed E-state index contributed by atoms with van der Waals surface area (Å²) in [5.74, 6) is -8.37. The Balaban J connectivity index is 1.52. The number of aliphatic hydroxyl groups is 4. The van der Waals surface area contributed by atoms with Gasteiger partial charge in [0, 0.05) is 51.1 Å². The molecule has 14 nitrogen and oxygen atoms in total. The summed E-state index contributed by atoms with van der Waals surface area (Å²) in [5.41, 5.74) is 1.63. The molecule has 1 aromatic heterocycles. The second-order valence-corrected chi connectivity index (χ2v) is 18.9. The molecule has 346 valence electrons. The number of allylic oxidation sites excluding steroid dienone is 3. The van der Waals surface area contributed by atoms with Crippen LogP contribution in [0.3, 0.4) is 0 Å². The van der Waals surface area contributed by atoms with Crippen LogP contribution in [0.1, 0.15) is 117 Å². The van der Waals surface area contributed by atoms with E-state index in [0.717, 1.165) is 22.6 Å². The smallest absolute Gasteiger partial charge is 0.329 e. The second-order valence-electron chi connectivity index (χ2n) is 18.9. The number of hydrogen-bond donors (Lipinski definition) is 4. The van der Waals surface area contributed by atoms with Crippen molar-refractivity contribution in [1.29, 1.82) is 0 Å². The molecule has 15 atom stereocenters. The number of carbonyl (C=O) groups is 4. The number of rotatable bonds is 8. The Morgan fingerprint density at radius 1 is 0.935 bits per heavy atom. The standard InChI is InChI=1S/C48H72N2O12/c1-28-21-29(2)23-40(54)44-42(60-7)25-31(4)48(58,62-44)45(55)46(56)50-20-11-9-16-36(50)47(57)61-43(30(3)24-33-17-18-37(51)41(26-33)59-6)32(5)38(52)27-39(53)34(22-28)13-12-15-35-14-8-10-19-49-35/h8,10,12,14-15,19,22,29-34,36-38,40-44,51-52,54,58H,9,11,13,16-18,20-21,23-27H2,1-7H3/b15-12+,28-22+/t29-,30?,31+,32+,33-,34+,36-,37+,38-,40-,41+,42-,43+,44+,48+/m0/s1. The number of ether oxygens (including phenoxy) is 4. The topological polar surface area (TPSA) is 202 Å². The van der Waals surface area contributed by atoms with E-state index in [1.807, 2.05) is 57.2 Å². The van der Waals surface area contributed by atoms with Crippen molar-refractivity contribution in [3.8, 4) is 0 Å². The van der Waals surface area contributed by atoms with Crippen LogP contribution in [0.4, 0.5) is 0 Å². The largest absolute Gasteiger partial charge is 0.460 e. The van der Waals surface area contributed by atoms with Gasteiger partial charge in [-0.3, -0.25) is 19.4 Å². The van der Waals surface area contributed by atoms with Crippen LogP contribution in [0.5, 0.6) is 0 Å². The molecule has 1 aromatic rings. The number of aliphatic hydroxyl groups excluding tert-OH is 3. The molecule has 1 unspecified atom stereocenters. The van der Waals surface area contributed by atoms with Gasteiger partial charge < -0.3 is 44.3 Å². The number of esters is 1. The zero-order valence-electron chi connectivity index (χ0n) is 37.8. The number of Topliss-reactive ketones (excluding diaryl/α,β-unsaturated/α-hetero) is 2. The second kappa shape index (κ2) is 22.5. The first kappa shape index (κ1) is 49.6. The first-order valence-corrected chi connectivity index (χ1v) is 22.8. The molecule has 14 heteroatoms. The summed E-state index contributed by atoms with van der Waals surface area (Å²) in [6.45, 7) is 9.24. The van der Waals surface area contributed by atoms with Gasteiger partial charge in [-0.2, -0.15) is 0 Å². The third-order valence-corrected chi connectivity index (χ3v) is 14.0. The Morgan fingerprint density at radius 3 is 2.37 bits per heavy atom. The summed E-state index contributed by atoms with van der Waals surface area (Å²) in [4.78, 5) is 62.7. The van der Waals surface area contributed by atoms with Crippen molar-refractivity contribution in [3.05, 3.63) is 47.8 Å². The number of pyridine rings is 1. The Bertz CT molecular complexity index is 1720. The number of carbonyl (C=O) groups excluding carboxylic acids is 4. The predicted octanol–water partition coefficient (Wildman–Crippen LogP) is 4.99. The predicted molar refractivity (Wildman–Crippen MR) is 231 cm³/mol. The quantitative estimate of drug-likeness (QED) is 0.155. The molecular formula is C48H72N2O12. The summed E-state index contributed by atoms with van der Waals surface area (Å²) in [5, 5.41) is 46.0. The fraction of sp³-hybridized carbons (Fsp3) is 0.729. The molecule has 3 aliphatic heterocycles. The highest BCUT2D eigenvalue weighted by Gasteiger charge is 2.56. The van der Waals surface area contributed by atoms with E-state index < -0.39 is 83.9 Å². The molecule has 2 bridgehead atoms. The van der Waals surface area contributed by atoms with Crippen molar-refractivity contribution in [2.24, 2.45) is 35.5 Å². The highest BCUT2D eigenvalue weighted by Crippen LogP contribution is 2.39. The minimum absolute atomic E-state index is 0.0668. The molecule has 1 aliphatic carbocycles. The molecule has 0 radical (unpaired) electrons. The van der Waals surface area contributed by atoms with Crippen LogP contribution in [-0.2, 0) is 38.1 Å². The molecule has 4 N–H and O–H groups in total. The number of fused-ring (bicyclic) bond motifs is 3. The van der Waals surface area contributed by atoms with Gasteiger partial charge in [0.25, 0.3) is 11.7 Å². The van der Waals surface area contributed by atoms with Crippen molar-refractivity contribution in [3.63, 3.8) is 0 Å². The molecule has 62 heavy (non-hydrogen) atoms. The van der Waals surface area contributed by atoms with E-state index in [0.29, 0.717) is 44.9 Å². The Morgan fingerprint density at radius 2 is 1.68 bits per heavy atom. The molecule has 5 rings (SSSR count). The van der Waals surface area contributed by atoms with E-state index >= 15 is 0 Å². The Hall–Kier alpha value is -3.37. The molecule has 0 spiro atoms. The molecule has 0 aromatic carbocycles. The molecule has 4 aliphatic rings. The molecule has 1 amide bonds. The van der Waals surface area contributed by atoms with Gasteiger partial charge in [-0.1, -0.05) is 51.5 Å². The van der Waals surface area contributed by atoms with Crippen molar-refractivity contribution in [1.82, 2.24) is 9.88 Å². The maximum atomic E-state index is 14.4. The van der Waals surface area contributed by atoms with E-state index in [4.69, 9.17) is 18.9 Å². The summed E-state index contributed by atoms with van der Waals surface area (Å²) < 4.78 is 23.7. The van der Waals surface area contributed by atoms with E-state index in [1.165, 1.54) is 7.11 Å². The summed E-state index contributed by atoms with van der Waals surface area (Å²) >= 11 is 0. The molecule has 1 saturated carbocycles. The number of ketones is 2. The van der Waals surface area contributed by atoms with E-state index in [-0.39, 0.29) is 61.9 Å². The third-order valence-electron chi connectivity index (χ3n) is 14.0. The lowest BCUT2D eigenvalue weighted by Gasteiger charge is -2.46. The van der Waals surface area contributed by atoms with Crippen LogP contribution in [0, 0.1) is 35.5 Å². The monoisotopic (exact) mass is 869 g/mol. The van der Waals surface area contributed by atoms with E-state index in [9.17, 15) is 39.6 Å². The lowest BCUT2D eigenvalue weighted by atomic mass is 9.76. The molecule has 2 saturated heterocycles. The van der Waals surface area contributed by atoms with Gasteiger partial charge in [-0.05, 0) is 114 Å². The minimum Gasteiger partial charge on any atom is -0.460 e. The van der Waals surface area contributed by atoms with Gasteiger partial charge in [0.05, 0.1) is 36.2 Å². The normalized spacial score (nSPS) is 39.0. The van der Waals surface area contributed by atoms with Crippen molar-refractivity contribution >= 4 is 29.5 Å². The third kappa shape index (κ3) is 12.2. The number of nitrogens with zero attached hydrogens (tertiary/aromatic N) is 2. The molecular weight excluding hydrogens is 797 g/mol. The number of cyclic esters (lactones) is 1. The van der Waals surface area contributed by atoms with Crippen LogP contribution in [0.2, 0.25) is 0 Å². The molecule has 4 heterocycles. The van der Waals surface area contributed by atoms with Crippen LogP contribution < -0.4 is 0 Å². The van der Waals surface area contributed by atoms with Gasteiger partial charge in [0.15, 0.2) is 0 Å².